The van der Waals surface area contributed by atoms with Crippen molar-refractivity contribution in [1.29, 1.82) is 0 Å². The van der Waals surface area contributed by atoms with Gasteiger partial charge in [0.05, 0.1) is 17.7 Å². The molecular formula is C24H31N3O5S. The number of furan rings is 1. The summed E-state index contributed by atoms with van der Waals surface area (Å²) in [6.07, 6.45) is 5.44. The van der Waals surface area contributed by atoms with Gasteiger partial charge in [-0.2, -0.15) is 4.31 Å². The Hall–Kier alpha value is -2.65. The quantitative estimate of drug-likeness (QED) is 0.695. The normalized spacial score (nSPS) is 20.5. The molecule has 0 aliphatic carbocycles. The molecule has 1 aromatic heterocycles. The molecule has 2 aliphatic rings. The molecule has 3 heterocycles. The van der Waals surface area contributed by atoms with Gasteiger partial charge in [0.1, 0.15) is 5.76 Å². The zero-order valence-corrected chi connectivity index (χ0v) is 19.7. The number of carbonyl (C=O) groups excluding carboxylic acids is 2. The predicted molar refractivity (Wildman–Crippen MR) is 123 cm³/mol. The minimum Gasteiger partial charge on any atom is -0.467 e. The maximum Gasteiger partial charge on any atom is 0.253 e. The van der Waals surface area contributed by atoms with Gasteiger partial charge in [0.15, 0.2) is 0 Å². The van der Waals surface area contributed by atoms with E-state index in [1.165, 1.54) is 6.07 Å². The number of likely N-dealkylation sites (tertiary alicyclic amines) is 1. The fourth-order valence-corrected chi connectivity index (χ4v) is 6.36. The number of nitrogens with zero attached hydrogens (tertiary/aromatic N) is 2. The van der Waals surface area contributed by atoms with E-state index in [4.69, 9.17) is 4.42 Å². The van der Waals surface area contributed by atoms with E-state index in [0.29, 0.717) is 50.3 Å². The third-order valence-corrected chi connectivity index (χ3v) is 8.61. The van der Waals surface area contributed by atoms with E-state index in [2.05, 4.69) is 5.32 Å². The first-order valence-corrected chi connectivity index (χ1v) is 13.0. The second kappa shape index (κ2) is 10.1. The van der Waals surface area contributed by atoms with Gasteiger partial charge in [-0.15, -0.1) is 0 Å². The number of amides is 2. The van der Waals surface area contributed by atoms with Crippen molar-refractivity contribution in [3.63, 3.8) is 0 Å². The highest BCUT2D eigenvalue weighted by atomic mass is 32.2. The molecule has 1 N–H and O–H groups in total. The van der Waals surface area contributed by atoms with Crippen molar-refractivity contribution in [3.05, 3.63) is 54.0 Å². The molecule has 2 aliphatic heterocycles. The lowest BCUT2D eigenvalue weighted by Crippen LogP contribution is -2.43. The summed E-state index contributed by atoms with van der Waals surface area (Å²) in [5, 5.41) is 2.88. The fraction of sp³-hybridized carbons (Fsp3) is 0.500. The van der Waals surface area contributed by atoms with Crippen LogP contribution < -0.4 is 5.32 Å². The molecule has 1 atom stereocenters. The second-order valence-electron chi connectivity index (χ2n) is 8.85. The van der Waals surface area contributed by atoms with E-state index in [1.807, 2.05) is 13.0 Å². The molecule has 4 rings (SSSR count). The van der Waals surface area contributed by atoms with Crippen molar-refractivity contribution in [2.45, 2.75) is 56.5 Å². The molecule has 8 nitrogen and oxygen atoms in total. The number of piperidine rings is 2. The average molecular weight is 474 g/mol. The van der Waals surface area contributed by atoms with Crippen LogP contribution in [-0.4, -0.2) is 55.1 Å². The van der Waals surface area contributed by atoms with Crippen LogP contribution in [-0.2, 0) is 21.4 Å². The largest absolute Gasteiger partial charge is 0.467 e. The number of hydrogen-bond acceptors (Lipinski definition) is 5. The Morgan fingerprint density at radius 2 is 1.85 bits per heavy atom. The molecule has 0 spiro atoms. The molecule has 2 amide bonds. The maximum atomic E-state index is 13.2. The first-order valence-electron chi connectivity index (χ1n) is 11.6. The van der Waals surface area contributed by atoms with Gasteiger partial charge in [0.2, 0.25) is 15.9 Å². The predicted octanol–water partition coefficient (Wildman–Crippen LogP) is 3.01. The number of nitrogens with one attached hydrogen (secondary N) is 1. The van der Waals surface area contributed by atoms with Crippen LogP contribution in [0.3, 0.4) is 0 Å². The summed E-state index contributed by atoms with van der Waals surface area (Å²) in [7, 11) is -3.64. The minimum absolute atomic E-state index is 0.0396. The third kappa shape index (κ3) is 5.30. The molecule has 2 saturated heterocycles. The van der Waals surface area contributed by atoms with Crippen LogP contribution >= 0.6 is 0 Å². The van der Waals surface area contributed by atoms with Gasteiger partial charge in [-0.05, 0) is 62.9 Å². The number of rotatable bonds is 6. The lowest BCUT2D eigenvalue weighted by molar-refractivity contribution is -0.126. The average Bonchev–Trinajstić information content (AvgIpc) is 3.36. The number of hydrogen-bond donors (Lipinski definition) is 1. The van der Waals surface area contributed by atoms with Crippen molar-refractivity contribution in [1.82, 2.24) is 14.5 Å². The van der Waals surface area contributed by atoms with E-state index < -0.39 is 10.0 Å². The van der Waals surface area contributed by atoms with Crippen molar-refractivity contribution in [3.8, 4) is 0 Å². The molecule has 9 heteroatoms. The Morgan fingerprint density at radius 3 is 2.55 bits per heavy atom. The van der Waals surface area contributed by atoms with Crippen molar-refractivity contribution < 1.29 is 22.4 Å². The van der Waals surface area contributed by atoms with E-state index >= 15 is 0 Å². The maximum absolute atomic E-state index is 13.2. The van der Waals surface area contributed by atoms with Crippen LogP contribution in [0.1, 0.15) is 55.1 Å². The second-order valence-corrected chi connectivity index (χ2v) is 10.7. The van der Waals surface area contributed by atoms with E-state index in [1.54, 1.807) is 39.7 Å². The SMILES string of the molecule is CC1CCCCN1S(=O)(=O)c1cccc(C(=O)N2CCC(C(=O)NCc3ccco3)CC2)c1. The lowest BCUT2D eigenvalue weighted by Gasteiger charge is -2.33. The molecule has 1 unspecified atom stereocenters. The molecule has 33 heavy (non-hydrogen) atoms. The molecule has 0 radical (unpaired) electrons. The highest BCUT2D eigenvalue weighted by Gasteiger charge is 2.32. The summed E-state index contributed by atoms with van der Waals surface area (Å²) in [6, 6.07) is 9.87. The monoisotopic (exact) mass is 473 g/mol. The Labute approximate surface area is 195 Å². The minimum atomic E-state index is -3.64. The van der Waals surface area contributed by atoms with Crippen LogP contribution in [0, 0.1) is 5.92 Å². The molecule has 178 valence electrons. The van der Waals surface area contributed by atoms with Gasteiger partial charge >= 0.3 is 0 Å². The molecule has 0 saturated carbocycles. The van der Waals surface area contributed by atoms with Gasteiger partial charge < -0.3 is 14.6 Å². The summed E-state index contributed by atoms with van der Waals surface area (Å²) >= 11 is 0. The summed E-state index contributed by atoms with van der Waals surface area (Å²) in [5.74, 6) is 0.302. The number of sulfonamides is 1. The number of benzene rings is 1. The van der Waals surface area contributed by atoms with E-state index in [-0.39, 0.29) is 28.7 Å². The smallest absolute Gasteiger partial charge is 0.253 e. The van der Waals surface area contributed by atoms with Crippen LogP contribution in [0.4, 0.5) is 0 Å². The molecule has 0 bridgehead atoms. The van der Waals surface area contributed by atoms with Gasteiger partial charge in [-0.25, -0.2) is 8.42 Å². The van der Waals surface area contributed by atoms with Crippen molar-refractivity contribution in [2.75, 3.05) is 19.6 Å². The van der Waals surface area contributed by atoms with Crippen molar-refractivity contribution >= 4 is 21.8 Å². The molecule has 2 aromatic rings. The molecule has 2 fully saturated rings. The Bertz CT molecular complexity index is 1080. The lowest BCUT2D eigenvalue weighted by atomic mass is 9.95. The summed E-state index contributed by atoms with van der Waals surface area (Å²) in [5.41, 5.74) is 0.362. The van der Waals surface area contributed by atoms with E-state index in [0.717, 1.165) is 19.3 Å². The standard InChI is InChI=1S/C24H31N3O5S/c1-18-6-2-3-12-27(18)33(30,31)22-9-4-7-20(16-22)24(29)26-13-10-19(11-14-26)23(28)25-17-21-8-5-15-32-21/h4-5,7-9,15-16,18-19H,2-3,6,10-14,17H2,1H3,(H,25,28). The van der Waals surface area contributed by atoms with E-state index in [9.17, 15) is 18.0 Å². The zero-order valence-electron chi connectivity index (χ0n) is 18.9. The summed E-state index contributed by atoms with van der Waals surface area (Å²) in [4.78, 5) is 27.4. The van der Waals surface area contributed by atoms with Crippen LogP contribution in [0.5, 0.6) is 0 Å². The van der Waals surface area contributed by atoms with Gasteiger partial charge in [0.25, 0.3) is 5.91 Å². The van der Waals surface area contributed by atoms with Gasteiger partial charge in [-0.1, -0.05) is 12.5 Å². The zero-order chi connectivity index (χ0) is 23.4. The van der Waals surface area contributed by atoms with Gasteiger partial charge in [-0.3, -0.25) is 9.59 Å². The summed E-state index contributed by atoms with van der Waals surface area (Å²) < 4.78 is 33.1. The first kappa shape index (κ1) is 23.5. The highest BCUT2D eigenvalue weighted by molar-refractivity contribution is 7.89. The first-order chi connectivity index (χ1) is 15.9. The van der Waals surface area contributed by atoms with Crippen LogP contribution in [0.2, 0.25) is 0 Å². The Morgan fingerprint density at radius 1 is 1.06 bits per heavy atom. The highest BCUT2D eigenvalue weighted by Crippen LogP contribution is 2.26. The third-order valence-electron chi connectivity index (χ3n) is 6.60. The molecular weight excluding hydrogens is 442 g/mol. The Balaban J connectivity index is 1.36. The Kier molecular flexibility index (Phi) is 7.19. The van der Waals surface area contributed by atoms with Gasteiger partial charge in [0, 0.05) is 37.2 Å². The van der Waals surface area contributed by atoms with Crippen LogP contribution in [0.25, 0.3) is 0 Å². The molecule has 1 aromatic carbocycles. The van der Waals surface area contributed by atoms with Crippen molar-refractivity contribution in [2.24, 2.45) is 5.92 Å². The topological polar surface area (TPSA) is 99.9 Å². The summed E-state index contributed by atoms with van der Waals surface area (Å²) in [6.45, 7) is 3.70. The fourth-order valence-electron chi connectivity index (χ4n) is 4.61. The van der Waals surface area contributed by atoms with Crippen LogP contribution in [0.15, 0.2) is 52.0 Å². The number of carbonyl (C=O) groups is 2.